The van der Waals surface area contributed by atoms with Gasteiger partial charge in [-0.3, -0.25) is 4.79 Å². The molecule has 0 aliphatic carbocycles. The standard InChI is InChI=1S/C20H17N3O3/c1-3-26-17-9-8-13(11-18(17)25-2)10-14(12-21)19-22-16-7-5-4-6-15(16)20(24)23-19/h4-11H,3H2,1-2H3,(H,22,23,24)/b14-10+. The molecular weight excluding hydrogens is 330 g/mol. The van der Waals surface area contributed by atoms with Crippen molar-refractivity contribution in [2.45, 2.75) is 6.92 Å². The molecule has 2 aromatic carbocycles. The van der Waals surface area contributed by atoms with E-state index in [1.54, 1.807) is 49.6 Å². The summed E-state index contributed by atoms with van der Waals surface area (Å²) in [6.45, 7) is 2.42. The maximum Gasteiger partial charge on any atom is 0.259 e. The molecule has 0 unspecified atom stereocenters. The smallest absolute Gasteiger partial charge is 0.259 e. The van der Waals surface area contributed by atoms with Gasteiger partial charge in [-0.15, -0.1) is 0 Å². The van der Waals surface area contributed by atoms with Crippen LogP contribution in [0.15, 0.2) is 47.3 Å². The minimum absolute atomic E-state index is 0.226. The fraction of sp³-hybridized carbons (Fsp3) is 0.150. The second-order valence-electron chi connectivity index (χ2n) is 5.44. The van der Waals surface area contributed by atoms with Gasteiger partial charge in [-0.1, -0.05) is 18.2 Å². The maximum atomic E-state index is 12.2. The van der Waals surface area contributed by atoms with Gasteiger partial charge in [0.05, 0.1) is 30.2 Å². The number of methoxy groups -OCH3 is 1. The number of aromatic amines is 1. The summed E-state index contributed by atoms with van der Waals surface area (Å²) < 4.78 is 10.8. The van der Waals surface area contributed by atoms with E-state index in [0.29, 0.717) is 29.0 Å². The summed E-state index contributed by atoms with van der Waals surface area (Å²) >= 11 is 0. The molecule has 130 valence electrons. The van der Waals surface area contributed by atoms with Crippen LogP contribution >= 0.6 is 0 Å². The number of allylic oxidation sites excluding steroid dienone is 1. The minimum Gasteiger partial charge on any atom is -0.493 e. The van der Waals surface area contributed by atoms with E-state index in [1.807, 2.05) is 13.0 Å². The van der Waals surface area contributed by atoms with Crippen molar-refractivity contribution >= 4 is 22.6 Å². The topological polar surface area (TPSA) is 88.0 Å². The highest BCUT2D eigenvalue weighted by Gasteiger charge is 2.10. The molecule has 0 radical (unpaired) electrons. The Hall–Kier alpha value is -3.59. The number of rotatable bonds is 5. The molecule has 3 aromatic rings. The van der Waals surface area contributed by atoms with Gasteiger partial charge in [0.1, 0.15) is 6.07 Å². The van der Waals surface area contributed by atoms with Gasteiger partial charge in [0.15, 0.2) is 17.3 Å². The van der Waals surface area contributed by atoms with Crippen molar-refractivity contribution in [3.63, 3.8) is 0 Å². The first-order valence-electron chi connectivity index (χ1n) is 8.08. The summed E-state index contributed by atoms with van der Waals surface area (Å²) in [6, 6.07) is 14.4. The zero-order valence-electron chi connectivity index (χ0n) is 14.4. The Kier molecular flexibility index (Phi) is 4.99. The first-order chi connectivity index (χ1) is 12.7. The average Bonchev–Trinajstić information content (AvgIpc) is 2.67. The van der Waals surface area contributed by atoms with Crippen LogP contribution in [0.25, 0.3) is 22.6 Å². The van der Waals surface area contributed by atoms with Crippen LogP contribution in [0.4, 0.5) is 0 Å². The number of hydrogen-bond acceptors (Lipinski definition) is 5. The van der Waals surface area contributed by atoms with E-state index in [0.717, 1.165) is 5.56 Å². The van der Waals surface area contributed by atoms with E-state index in [-0.39, 0.29) is 17.0 Å². The molecule has 0 atom stereocenters. The van der Waals surface area contributed by atoms with Gasteiger partial charge in [0.2, 0.25) is 0 Å². The van der Waals surface area contributed by atoms with Crippen molar-refractivity contribution in [1.29, 1.82) is 5.26 Å². The molecule has 0 aliphatic heterocycles. The molecule has 3 rings (SSSR count). The van der Waals surface area contributed by atoms with Crippen molar-refractivity contribution < 1.29 is 9.47 Å². The molecule has 0 spiro atoms. The fourth-order valence-corrected chi connectivity index (χ4v) is 2.58. The highest BCUT2D eigenvalue weighted by molar-refractivity contribution is 5.89. The number of benzene rings is 2. The van der Waals surface area contributed by atoms with Crippen LogP contribution < -0.4 is 15.0 Å². The van der Waals surface area contributed by atoms with E-state index in [2.05, 4.69) is 16.0 Å². The summed E-state index contributed by atoms with van der Waals surface area (Å²) in [6.07, 6.45) is 1.64. The summed E-state index contributed by atoms with van der Waals surface area (Å²) in [5.74, 6) is 1.42. The summed E-state index contributed by atoms with van der Waals surface area (Å²) in [7, 11) is 1.55. The highest BCUT2D eigenvalue weighted by Crippen LogP contribution is 2.29. The summed E-state index contributed by atoms with van der Waals surface area (Å²) in [5.41, 5.74) is 1.24. The Morgan fingerprint density at radius 1 is 1.27 bits per heavy atom. The Morgan fingerprint density at radius 2 is 2.08 bits per heavy atom. The highest BCUT2D eigenvalue weighted by atomic mass is 16.5. The SMILES string of the molecule is CCOc1ccc(/C=C(\C#N)c2nc3ccccc3c(=O)[nH]2)cc1OC. The predicted molar refractivity (Wildman–Crippen MR) is 100 cm³/mol. The van der Waals surface area contributed by atoms with Crippen molar-refractivity contribution in [3.05, 3.63) is 64.2 Å². The Balaban J connectivity index is 2.07. The molecule has 6 nitrogen and oxygen atoms in total. The van der Waals surface area contributed by atoms with Gasteiger partial charge in [-0.2, -0.15) is 5.26 Å². The Morgan fingerprint density at radius 3 is 2.81 bits per heavy atom. The molecule has 26 heavy (non-hydrogen) atoms. The molecule has 0 saturated carbocycles. The molecule has 0 aliphatic rings. The van der Waals surface area contributed by atoms with Gasteiger partial charge in [0.25, 0.3) is 5.56 Å². The zero-order chi connectivity index (χ0) is 18.5. The van der Waals surface area contributed by atoms with Gasteiger partial charge in [0, 0.05) is 0 Å². The Bertz CT molecular complexity index is 1080. The molecule has 0 bridgehead atoms. The van der Waals surface area contributed by atoms with Crippen LogP contribution in [0.2, 0.25) is 0 Å². The predicted octanol–water partition coefficient (Wildman–Crippen LogP) is 3.39. The number of fused-ring (bicyclic) bond motifs is 1. The molecule has 0 fully saturated rings. The summed E-state index contributed by atoms with van der Waals surface area (Å²) in [5, 5.41) is 10.0. The Labute approximate surface area is 150 Å². The van der Waals surface area contributed by atoms with E-state index in [1.165, 1.54) is 0 Å². The third kappa shape index (κ3) is 3.42. The molecule has 0 amide bonds. The van der Waals surface area contributed by atoms with Crippen LogP contribution in [0.1, 0.15) is 18.3 Å². The largest absolute Gasteiger partial charge is 0.493 e. The van der Waals surface area contributed by atoms with E-state index < -0.39 is 0 Å². The van der Waals surface area contributed by atoms with Crippen LogP contribution in [0.3, 0.4) is 0 Å². The molecular formula is C20H17N3O3. The van der Waals surface area contributed by atoms with Crippen molar-refractivity contribution in [3.8, 4) is 17.6 Å². The first kappa shape index (κ1) is 17.2. The van der Waals surface area contributed by atoms with Crippen molar-refractivity contribution in [2.24, 2.45) is 0 Å². The molecule has 6 heteroatoms. The second-order valence-corrected chi connectivity index (χ2v) is 5.44. The van der Waals surface area contributed by atoms with Crippen molar-refractivity contribution in [2.75, 3.05) is 13.7 Å². The zero-order valence-corrected chi connectivity index (χ0v) is 14.4. The lowest BCUT2D eigenvalue weighted by Crippen LogP contribution is -2.11. The number of para-hydroxylation sites is 1. The lowest BCUT2D eigenvalue weighted by atomic mass is 10.1. The van der Waals surface area contributed by atoms with Gasteiger partial charge < -0.3 is 14.5 Å². The molecule has 0 saturated heterocycles. The molecule has 1 aromatic heterocycles. The lowest BCUT2D eigenvalue weighted by Gasteiger charge is -2.09. The number of H-pyrrole nitrogens is 1. The van der Waals surface area contributed by atoms with Crippen LogP contribution in [0, 0.1) is 11.3 Å². The van der Waals surface area contributed by atoms with Crippen LogP contribution in [-0.2, 0) is 0 Å². The normalized spacial score (nSPS) is 11.2. The van der Waals surface area contributed by atoms with Crippen molar-refractivity contribution in [1.82, 2.24) is 9.97 Å². The van der Waals surface area contributed by atoms with Gasteiger partial charge >= 0.3 is 0 Å². The third-order valence-corrected chi connectivity index (χ3v) is 3.79. The maximum absolute atomic E-state index is 12.2. The van der Waals surface area contributed by atoms with Gasteiger partial charge in [-0.25, -0.2) is 4.98 Å². The monoisotopic (exact) mass is 347 g/mol. The number of nitrogens with one attached hydrogen (secondary N) is 1. The molecule has 1 N–H and O–H groups in total. The van der Waals surface area contributed by atoms with E-state index in [9.17, 15) is 10.1 Å². The number of hydrogen-bond donors (Lipinski definition) is 1. The van der Waals surface area contributed by atoms with Crippen LogP contribution in [-0.4, -0.2) is 23.7 Å². The first-order valence-corrected chi connectivity index (χ1v) is 8.08. The van der Waals surface area contributed by atoms with Crippen LogP contribution in [0.5, 0.6) is 11.5 Å². The lowest BCUT2D eigenvalue weighted by molar-refractivity contribution is 0.311. The van der Waals surface area contributed by atoms with E-state index in [4.69, 9.17) is 9.47 Å². The number of aromatic nitrogens is 2. The number of nitriles is 1. The third-order valence-electron chi connectivity index (χ3n) is 3.79. The average molecular weight is 347 g/mol. The van der Waals surface area contributed by atoms with Gasteiger partial charge in [-0.05, 0) is 42.8 Å². The molecule has 1 heterocycles. The minimum atomic E-state index is -0.281. The quantitative estimate of drug-likeness (QED) is 0.715. The fourth-order valence-electron chi connectivity index (χ4n) is 2.58. The van der Waals surface area contributed by atoms with E-state index >= 15 is 0 Å². The number of ether oxygens (including phenoxy) is 2. The number of nitrogens with zero attached hydrogens (tertiary/aromatic N) is 2. The summed E-state index contributed by atoms with van der Waals surface area (Å²) in [4.78, 5) is 19.3. The second kappa shape index (κ2) is 7.53.